The Hall–Kier alpha value is -1.25. The number of nitrogens with two attached hydrogens (primary N) is 1. The predicted molar refractivity (Wildman–Crippen MR) is 127 cm³/mol. The molecule has 1 aromatic rings. The van der Waals surface area contributed by atoms with E-state index in [1.54, 1.807) is 12.1 Å². The summed E-state index contributed by atoms with van der Waals surface area (Å²) < 4.78 is 27.9. The van der Waals surface area contributed by atoms with E-state index in [0.717, 1.165) is 50.5 Å². The fourth-order valence-electron chi connectivity index (χ4n) is 8.12. The minimum Gasteiger partial charge on any atom is -0.395 e. The molecule has 0 aromatic heterocycles. The Morgan fingerprint density at radius 1 is 1.09 bits per heavy atom. The Balaban J connectivity index is 1.43. The number of benzene rings is 1. The molecule has 33 heavy (non-hydrogen) atoms. The van der Waals surface area contributed by atoms with Crippen LogP contribution in [0.25, 0.3) is 0 Å². The Labute approximate surface area is 197 Å². The number of fused-ring (bicyclic) bond motifs is 5. The third-order valence-electron chi connectivity index (χ3n) is 9.94. The van der Waals surface area contributed by atoms with Crippen LogP contribution in [0.5, 0.6) is 0 Å². The number of hydrogen-bond donors (Lipinski definition) is 3. The highest BCUT2D eigenvalue weighted by Crippen LogP contribution is 2.65. The van der Waals surface area contributed by atoms with Gasteiger partial charge in [0.15, 0.2) is 0 Å². The lowest BCUT2D eigenvalue weighted by molar-refractivity contribution is -0.0747. The predicted octanol–water partition coefficient (Wildman–Crippen LogP) is 3.52. The quantitative estimate of drug-likeness (QED) is 0.352. The maximum Gasteiger partial charge on any atom is 0.255 e. The van der Waals surface area contributed by atoms with Crippen molar-refractivity contribution in [3.05, 3.63) is 41.5 Å². The summed E-state index contributed by atoms with van der Waals surface area (Å²) in [5, 5.41) is 20.8. The lowest BCUT2D eigenvalue weighted by Crippen LogP contribution is -2.57. The average molecular weight is 475 g/mol. The summed E-state index contributed by atoms with van der Waals surface area (Å²) in [6, 6.07) is 6.69. The summed E-state index contributed by atoms with van der Waals surface area (Å²) in [5.41, 5.74) is 1.88. The van der Waals surface area contributed by atoms with Crippen molar-refractivity contribution in [1.82, 2.24) is 4.41 Å². The van der Waals surface area contributed by atoms with Crippen LogP contribution in [0.2, 0.25) is 0 Å². The highest BCUT2D eigenvalue weighted by atomic mass is 32.2. The van der Waals surface area contributed by atoms with Crippen LogP contribution < -0.4 is 5.84 Å². The fourth-order valence-corrected chi connectivity index (χ4v) is 9.53. The van der Waals surface area contributed by atoms with Crippen molar-refractivity contribution >= 4 is 10.0 Å². The van der Waals surface area contributed by atoms with E-state index in [1.807, 2.05) is 19.1 Å². The Morgan fingerprint density at radius 3 is 2.52 bits per heavy atom. The molecule has 4 aliphatic carbocycles. The summed E-state index contributed by atoms with van der Waals surface area (Å²) in [4.78, 5) is 0.251. The fraction of sp³-hybridized carbons (Fsp3) is 0.692. The summed E-state index contributed by atoms with van der Waals surface area (Å²) in [6.45, 7) is 4.32. The number of nitrogens with zero attached hydrogens (tertiary/aromatic N) is 1. The van der Waals surface area contributed by atoms with Crippen molar-refractivity contribution in [3.63, 3.8) is 0 Å². The molecule has 0 spiro atoms. The molecule has 0 aliphatic heterocycles. The number of allylic oxidation sites excluding steroid dienone is 1. The number of hydrazine groups is 1. The smallest absolute Gasteiger partial charge is 0.255 e. The molecule has 0 radical (unpaired) electrons. The third-order valence-corrected chi connectivity index (χ3v) is 11.6. The maximum absolute atomic E-state index is 13.4. The van der Waals surface area contributed by atoms with Gasteiger partial charge in [-0.05, 0) is 93.6 Å². The van der Waals surface area contributed by atoms with Gasteiger partial charge in [0, 0.05) is 11.5 Å². The van der Waals surface area contributed by atoms with Crippen LogP contribution in [-0.4, -0.2) is 41.8 Å². The molecule has 3 fully saturated rings. The van der Waals surface area contributed by atoms with Gasteiger partial charge in [0.1, 0.15) is 0 Å². The van der Waals surface area contributed by atoms with Crippen LogP contribution >= 0.6 is 0 Å². The van der Waals surface area contributed by atoms with E-state index in [-0.39, 0.29) is 34.5 Å². The zero-order chi connectivity index (χ0) is 23.6. The van der Waals surface area contributed by atoms with Gasteiger partial charge in [-0.2, -0.15) is 0 Å². The van der Waals surface area contributed by atoms with Crippen molar-refractivity contribution in [2.45, 2.75) is 82.3 Å². The number of aliphatic hydroxyl groups is 2. The normalized spacial score (nSPS) is 40.7. The number of rotatable bonds is 4. The van der Waals surface area contributed by atoms with Gasteiger partial charge in [-0.15, -0.1) is 4.41 Å². The lowest BCUT2D eigenvalue weighted by Gasteiger charge is -2.58. The van der Waals surface area contributed by atoms with Crippen molar-refractivity contribution in [3.8, 4) is 0 Å². The average Bonchev–Trinajstić information content (AvgIpc) is 3.15. The number of sulfonamides is 1. The minimum atomic E-state index is -3.77. The first kappa shape index (κ1) is 23.5. The van der Waals surface area contributed by atoms with Crippen molar-refractivity contribution < 1.29 is 18.6 Å². The van der Waals surface area contributed by atoms with E-state index in [0.29, 0.717) is 24.2 Å². The zero-order valence-corrected chi connectivity index (χ0v) is 20.6. The van der Waals surface area contributed by atoms with E-state index in [1.165, 1.54) is 9.99 Å². The number of aliphatic hydroxyl groups excluding tert-OH is 2. The van der Waals surface area contributed by atoms with Gasteiger partial charge in [0.05, 0.1) is 17.6 Å². The molecule has 0 saturated heterocycles. The van der Waals surface area contributed by atoms with Crippen LogP contribution in [-0.2, 0) is 10.0 Å². The molecule has 1 aromatic carbocycles. The van der Waals surface area contributed by atoms with Gasteiger partial charge < -0.3 is 10.2 Å². The standard InChI is InChI=1S/C26H38N2O4S/c1-17-3-6-20(7-4-17)33(31,32)28(27)24-10-9-22-21-8-5-18-15-19(30)11-14-26(18,16-29)23(21)12-13-25(22,24)2/h3-7,19,21-24,29-30H,8-16,27H2,1-2H3/t19?,21-,22-,23+,24?,25-,26+/m0/s1. The lowest BCUT2D eigenvalue weighted by atomic mass is 9.47. The zero-order valence-electron chi connectivity index (χ0n) is 19.8. The van der Waals surface area contributed by atoms with E-state index >= 15 is 0 Å². The van der Waals surface area contributed by atoms with Crippen molar-refractivity contribution in [2.24, 2.45) is 34.4 Å². The van der Waals surface area contributed by atoms with Crippen LogP contribution in [0.1, 0.15) is 63.9 Å². The van der Waals surface area contributed by atoms with E-state index < -0.39 is 10.0 Å². The van der Waals surface area contributed by atoms with Gasteiger partial charge in [-0.1, -0.05) is 36.3 Å². The summed E-state index contributed by atoms with van der Waals surface area (Å²) in [7, 11) is -3.77. The first-order valence-corrected chi connectivity index (χ1v) is 13.9. The molecule has 0 heterocycles. The molecule has 7 heteroatoms. The summed E-state index contributed by atoms with van der Waals surface area (Å²) in [6.07, 6.45) is 8.85. The SMILES string of the molecule is Cc1ccc(S(=O)(=O)N(N)C2CC[C@H]3[C@@H]4CC=C5CC(O)CC[C@]5(CO)[C@@H]4CC[C@]23C)cc1. The molecule has 7 atom stereocenters. The van der Waals surface area contributed by atoms with Gasteiger partial charge in [0.25, 0.3) is 10.0 Å². The largest absolute Gasteiger partial charge is 0.395 e. The second-order valence-electron chi connectivity index (χ2n) is 11.3. The van der Waals surface area contributed by atoms with Gasteiger partial charge >= 0.3 is 0 Å². The first-order chi connectivity index (χ1) is 15.6. The second kappa shape index (κ2) is 8.16. The highest BCUT2D eigenvalue weighted by Gasteiger charge is 2.61. The molecule has 4 aliphatic rings. The Morgan fingerprint density at radius 2 is 1.82 bits per heavy atom. The third kappa shape index (κ3) is 3.46. The molecule has 0 amide bonds. The number of aryl methyl sites for hydroxylation is 1. The highest BCUT2D eigenvalue weighted by molar-refractivity contribution is 7.89. The molecule has 2 unspecified atom stereocenters. The first-order valence-electron chi connectivity index (χ1n) is 12.5. The summed E-state index contributed by atoms with van der Waals surface area (Å²) >= 11 is 0. The Bertz CT molecular complexity index is 1040. The van der Waals surface area contributed by atoms with Crippen LogP contribution in [0, 0.1) is 35.5 Å². The van der Waals surface area contributed by atoms with Gasteiger partial charge in [-0.25, -0.2) is 8.42 Å². The van der Waals surface area contributed by atoms with Gasteiger partial charge in [-0.3, -0.25) is 5.84 Å². The molecule has 182 valence electrons. The van der Waals surface area contributed by atoms with Crippen LogP contribution in [0.4, 0.5) is 0 Å². The van der Waals surface area contributed by atoms with E-state index in [2.05, 4.69) is 13.0 Å². The second-order valence-corrected chi connectivity index (χ2v) is 13.2. The van der Waals surface area contributed by atoms with Crippen LogP contribution in [0.3, 0.4) is 0 Å². The number of hydrogen-bond acceptors (Lipinski definition) is 5. The van der Waals surface area contributed by atoms with Crippen LogP contribution in [0.15, 0.2) is 40.8 Å². The molecular formula is C26H38N2O4S. The van der Waals surface area contributed by atoms with Crippen molar-refractivity contribution in [1.29, 1.82) is 0 Å². The molecule has 4 N–H and O–H groups in total. The van der Waals surface area contributed by atoms with Gasteiger partial charge in [0.2, 0.25) is 0 Å². The molecular weight excluding hydrogens is 436 g/mol. The minimum absolute atomic E-state index is 0.143. The maximum atomic E-state index is 13.4. The molecule has 6 nitrogen and oxygen atoms in total. The molecule has 0 bridgehead atoms. The molecule has 5 rings (SSSR count). The van der Waals surface area contributed by atoms with E-state index in [9.17, 15) is 18.6 Å². The monoisotopic (exact) mass is 474 g/mol. The van der Waals surface area contributed by atoms with Crippen molar-refractivity contribution in [2.75, 3.05) is 6.61 Å². The summed E-state index contributed by atoms with van der Waals surface area (Å²) in [5.74, 6) is 7.63. The molecule has 3 saturated carbocycles. The van der Waals surface area contributed by atoms with E-state index in [4.69, 9.17) is 5.84 Å². The topological polar surface area (TPSA) is 104 Å². The Kier molecular flexibility index (Phi) is 5.81.